The number of aromatic nitrogens is 5. The summed E-state index contributed by atoms with van der Waals surface area (Å²) >= 11 is 6.14. The molecular formula is C20H25ClFN7O3. The van der Waals surface area contributed by atoms with Crippen molar-refractivity contribution >= 4 is 35.1 Å². The van der Waals surface area contributed by atoms with Gasteiger partial charge in [-0.1, -0.05) is 11.6 Å². The number of rotatable bonds is 7. The van der Waals surface area contributed by atoms with Crippen LogP contribution in [0.15, 0.2) is 18.3 Å². The molecule has 172 valence electrons. The number of hydrogen-bond acceptors (Lipinski definition) is 7. The van der Waals surface area contributed by atoms with Gasteiger partial charge in [-0.15, -0.1) is 0 Å². The van der Waals surface area contributed by atoms with Gasteiger partial charge < -0.3 is 20.1 Å². The first kappa shape index (κ1) is 22.3. The monoisotopic (exact) mass is 465 g/mol. The number of aromatic amines is 1. The smallest absolute Gasteiger partial charge is 0.407 e. The van der Waals surface area contributed by atoms with E-state index in [1.165, 1.54) is 0 Å². The Labute approximate surface area is 188 Å². The second-order valence-electron chi connectivity index (χ2n) is 8.06. The van der Waals surface area contributed by atoms with Gasteiger partial charge in [-0.3, -0.25) is 9.50 Å². The van der Waals surface area contributed by atoms with E-state index in [9.17, 15) is 9.18 Å². The Morgan fingerprint density at radius 2 is 2.19 bits per heavy atom. The van der Waals surface area contributed by atoms with E-state index < -0.39 is 18.4 Å². The number of nitrogens with one attached hydrogen (secondary N) is 3. The molecule has 3 aromatic heterocycles. The van der Waals surface area contributed by atoms with E-state index in [0.29, 0.717) is 30.4 Å². The molecular weight excluding hydrogens is 441 g/mol. The lowest BCUT2D eigenvalue weighted by molar-refractivity contribution is 0.0593. The molecule has 3 N–H and O–H groups in total. The van der Waals surface area contributed by atoms with Crippen LogP contribution >= 0.6 is 11.6 Å². The summed E-state index contributed by atoms with van der Waals surface area (Å²) in [5, 5.41) is 13.2. The lowest BCUT2D eigenvalue weighted by atomic mass is 10.0. The summed E-state index contributed by atoms with van der Waals surface area (Å²) < 4.78 is 26.6. The number of anilines is 2. The molecule has 0 radical (unpaired) electrons. The van der Waals surface area contributed by atoms with Gasteiger partial charge in [0.2, 0.25) is 5.95 Å². The van der Waals surface area contributed by atoms with Crippen molar-refractivity contribution < 1.29 is 18.7 Å². The first-order valence-electron chi connectivity index (χ1n) is 10.3. The van der Waals surface area contributed by atoms with Crippen molar-refractivity contribution in [3.8, 4) is 0 Å². The highest BCUT2D eigenvalue weighted by molar-refractivity contribution is 6.29. The number of ether oxygens (including phenoxy) is 2. The molecule has 4 rings (SSSR count). The fraction of sp³-hybridized carbons (Fsp3) is 0.500. The number of nitrogens with zero attached hydrogens (tertiary/aromatic N) is 4. The number of alkyl halides is 1. The minimum atomic E-state index is -1.24. The SMILES string of the molecule is COCc1cn2c(Nc3cc([C@H]4C[C@@H](F)[C@@H](OC(=O)NC(C)C)C4)[nH]n3)nc(Cl)cc2n1. The number of halogens is 2. The first-order chi connectivity index (χ1) is 15.3. The Morgan fingerprint density at radius 1 is 1.38 bits per heavy atom. The Bertz CT molecular complexity index is 1100. The molecule has 1 saturated carbocycles. The van der Waals surface area contributed by atoms with E-state index in [2.05, 4.69) is 30.8 Å². The Kier molecular flexibility index (Phi) is 6.47. The van der Waals surface area contributed by atoms with E-state index in [0.717, 1.165) is 11.4 Å². The summed E-state index contributed by atoms with van der Waals surface area (Å²) in [4.78, 5) is 20.6. The summed E-state index contributed by atoms with van der Waals surface area (Å²) in [5.74, 6) is 0.774. The molecule has 1 aliphatic carbocycles. The lowest BCUT2D eigenvalue weighted by Crippen LogP contribution is -2.35. The number of imidazole rings is 1. The molecule has 0 unspecified atom stereocenters. The topological polar surface area (TPSA) is 118 Å². The maximum atomic E-state index is 14.5. The number of alkyl carbamates (subject to hydrolysis) is 1. The summed E-state index contributed by atoms with van der Waals surface area (Å²) in [6.07, 6.45) is -0.231. The first-order valence-corrected chi connectivity index (χ1v) is 10.7. The van der Waals surface area contributed by atoms with Crippen LogP contribution in [-0.4, -0.2) is 56.1 Å². The molecule has 10 nitrogen and oxygen atoms in total. The van der Waals surface area contributed by atoms with Gasteiger partial charge in [0, 0.05) is 43.1 Å². The zero-order valence-electron chi connectivity index (χ0n) is 17.9. The number of amides is 1. The van der Waals surface area contributed by atoms with Gasteiger partial charge in [0.05, 0.1) is 12.3 Å². The molecule has 12 heteroatoms. The Morgan fingerprint density at radius 3 is 2.94 bits per heavy atom. The number of carbonyl (C=O) groups is 1. The van der Waals surface area contributed by atoms with Crippen LogP contribution in [0.2, 0.25) is 5.15 Å². The van der Waals surface area contributed by atoms with Crippen LogP contribution in [0.4, 0.5) is 21.0 Å². The van der Waals surface area contributed by atoms with Gasteiger partial charge in [0.15, 0.2) is 5.82 Å². The fourth-order valence-corrected chi connectivity index (χ4v) is 3.95. The molecule has 3 heterocycles. The largest absolute Gasteiger partial charge is 0.443 e. The summed E-state index contributed by atoms with van der Waals surface area (Å²) in [6, 6.07) is 3.36. The zero-order valence-corrected chi connectivity index (χ0v) is 18.7. The third kappa shape index (κ3) is 4.94. The molecule has 1 amide bonds. The number of fused-ring (bicyclic) bond motifs is 1. The normalized spacial score (nSPS) is 20.8. The molecule has 1 aliphatic rings. The molecule has 0 aliphatic heterocycles. The van der Waals surface area contributed by atoms with Crippen LogP contribution in [0, 0.1) is 0 Å². The molecule has 0 aromatic carbocycles. The average Bonchev–Trinajstić information content (AvgIpc) is 3.41. The maximum Gasteiger partial charge on any atom is 0.407 e. The Hall–Kier alpha value is -2.92. The average molecular weight is 466 g/mol. The van der Waals surface area contributed by atoms with Crippen molar-refractivity contribution in [1.29, 1.82) is 0 Å². The third-order valence-corrected chi connectivity index (χ3v) is 5.33. The standard InChI is InChI=1S/C20H25ClFN7O3/c1-10(2)23-20(30)32-15-5-11(4-13(15)22)14-6-17(28-27-14)26-19-25-16(21)7-18-24-12(9-31-3)8-29(18)19/h6-8,10-11,13,15H,4-5,9H2,1-3H3,(H,23,30)(H2,25,26,27,28)/t11-,13+,15-/m0/s1. The third-order valence-electron chi connectivity index (χ3n) is 5.14. The van der Waals surface area contributed by atoms with Crippen molar-refractivity contribution in [2.24, 2.45) is 0 Å². The molecule has 3 aromatic rings. The summed E-state index contributed by atoms with van der Waals surface area (Å²) in [6.45, 7) is 3.99. The van der Waals surface area contributed by atoms with Gasteiger partial charge >= 0.3 is 6.09 Å². The van der Waals surface area contributed by atoms with Gasteiger partial charge in [0.1, 0.15) is 23.1 Å². The van der Waals surface area contributed by atoms with E-state index in [4.69, 9.17) is 21.1 Å². The number of methoxy groups -OCH3 is 1. The van der Waals surface area contributed by atoms with Crippen molar-refractivity contribution in [2.45, 2.75) is 57.5 Å². The molecule has 1 fully saturated rings. The van der Waals surface area contributed by atoms with Crippen molar-refractivity contribution in [3.05, 3.63) is 34.9 Å². The molecule has 0 bridgehead atoms. The molecule has 3 atom stereocenters. The van der Waals surface area contributed by atoms with Gasteiger partial charge in [-0.05, 0) is 26.7 Å². The van der Waals surface area contributed by atoms with Crippen LogP contribution in [-0.2, 0) is 16.1 Å². The van der Waals surface area contributed by atoms with Gasteiger partial charge in [-0.2, -0.15) is 5.10 Å². The van der Waals surface area contributed by atoms with Crippen LogP contribution in [0.1, 0.15) is 44.0 Å². The van der Waals surface area contributed by atoms with Crippen molar-refractivity contribution in [3.63, 3.8) is 0 Å². The Balaban J connectivity index is 1.46. The van der Waals surface area contributed by atoms with Gasteiger partial charge in [0.25, 0.3) is 0 Å². The maximum absolute atomic E-state index is 14.5. The van der Waals surface area contributed by atoms with Crippen LogP contribution < -0.4 is 10.6 Å². The van der Waals surface area contributed by atoms with Gasteiger partial charge in [-0.25, -0.2) is 19.2 Å². The van der Waals surface area contributed by atoms with Crippen LogP contribution in [0.3, 0.4) is 0 Å². The summed E-state index contributed by atoms with van der Waals surface area (Å²) in [7, 11) is 1.59. The molecule has 32 heavy (non-hydrogen) atoms. The van der Waals surface area contributed by atoms with E-state index in [-0.39, 0.29) is 23.5 Å². The zero-order chi connectivity index (χ0) is 22.8. The predicted octanol–water partition coefficient (Wildman–Crippen LogP) is 3.71. The quantitative estimate of drug-likeness (QED) is 0.455. The number of carbonyl (C=O) groups excluding carboxylic acids is 1. The fourth-order valence-electron chi connectivity index (χ4n) is 3.77. The van der Waals surface area contributed by atoms with Crippen LogP contribution in [0.25, 0.3) is 5.65 Å². The van der Waals surface area contributed by atoms with Crippen LogP contribution in [0.5, 0.6) is 0 Å². The number of H-pyrrole nitrogens is 1. The molecule has 0 spiro atoms. The highest BCUT2D eigenvalue weighted by Crippen LogP contribution is 2.38. The second kappa shape index (κ2) is 9.29. The van der Waals surface area contributed by atoms with Crippen molar-refractivity contribution in [2.75, 3.05) is 12.4 Å². The number of hydrogen-bond donors (Lipinski definition) is 3. The van der Waals surface area contributed by atoms with Crippen molar-refractivity contribution in [1.82, 2.24) is 29.9 Å². The minimum absolute atomic E-state index is 0.0772. The highest BCUT2D eigenvalue weighted by Gasteiger charge is 2.38. The van der Waals surface area contributed by atoms with E-state index >= 15 is 0 Å². The summed E-state index contributed by atoms with van der Waals surface area (Å²) in [5.41, 5.74) is 2.09. The predicted molar refractivity (Wildman–Crippen MR) is 116 cm³/mol. The molecule has 0 saturated heterocycles. The lowest BCUT2D eigenvalue weighted by Gasteiger charge is -2.16. The van der Waals surface area contributed by atoms with E-state index in [1.54, 1.807) is 29.8 Å². The highest BCUT2D eigenvalue weighted by atomic mass is 35.5. The van der Waals surface area contributed by atoms with E-state index in [1.807, 2.05) is 13.8 Å². The minimum Gasteiger partial charge on any atom is -0.443 e. The second-order valence-corrected chi connectivity index (χ2v) is 8.44.